The Kier molecular flexibility index (Phi) is 11.8. The van der Waals surface area contributed by atoms with Gasteiger partial charge in [-0.1, -0.05) is 49.4 Å². The Labute approximate surface area is 287 Å². The molecule has 0 saturated carbocycles. The van der Waals surface area contributed by atoms with Gasteiger partial charge in [-0.2, -0.15) is 0 Å². The molecule has 3 amide bonds. The summed E-state index contributed by atoms with van der Waals surface area (Å²) in [5, 5.41) is 36.9. The quantitative estimate of drug-likeness (QED) is 0.114. The van der Waals surface area contributed by atoms with Gasteiger partial charge in [-0.15, -0.1) is 0 Å². The van der Waals surface area contributed by atoms with E-state index in [1.54, 1.807) is 47.1 Å². The van der Waals surface area contributed by atoms with Crippen LogP contribution in [-0.2, 0) is 33.0 Å². The lowest BCUT2D eigenvalue weighted by atomic mass is 9.82. The highest BCUT2D eigenvalue weighted by Crippen LogP contribution is 2.45. The number of anilines is 3. The summed E-state index contributed by atoms with van der Waals surface area (Å²) in [7, 11) is 0. The van der Waals surface area contributed by atoms with E-state index >= 15 is 0 Å². The first kappa shape index (κ1) is 35.7. The first-order chi connectivity index (χ1) is 23.7. The van der Waals surface area contributed by atoms with Crippen LogP contribution in [0.5, 0.6) is 5.75 Å². The van der Waals surface area contributed by atoms with Crippen molar-refractivity contribution >= 4 is 34.8 Å². The average molecular weight is 671 g/mol. The number of carbonyl (C=O) groups excluding carboxylic acids is 3. The average Bonchev–Trinajstić information content (AvgIpc) is 3.36. The van der Waals surface area contributed by atoms with Gasteiger partial charge in [0.2, 0.25) is 11.8 Å². The second-order valence-corrected chi connectivity index (χ2v) is 12.4. The Morgan fingerprint density at radius 2 is 1.90 bits per heavy atom. The van der Waals surface area contributed by atoms with E-state index in [2.05, 4.69) is 10.6 Å². The van der Waals surface area contributed by atoms with Crippen LogP contribution in [0.1, 0.15) is 49.8 Å². The number of amides is 3. The molecule has 1 unspecified atom stereocenters. The number of unbranched alkanes of at least 4 members (excludes halogenated alkanes) is 1. The first-order valence-corrected chi connectivity index (χ1v) is 16.9. The van der Waals surface area contributed by atoms with Gasteiger partial charge >= 0.3 is 0 Å². The molecular formula is C38H46N4O7. The molecule has 5 rings (SSSR count). The van der Waals surface area contributed by atoms with Crippen molar-refractivity contribution < 1.29 is 34.4 Å². The maximum atomic E-state index is 14.0. The summed E-state index contributed by atoms with van der Waals surface area (Å²) < 4.78 is 5.74. The molecule has 3 aromatic carbocycles. The number of hydrogen-bond donors (Lipinski definition) is 5. The number of aliphatic hydroxyl groups is 3. The van der Waals surface area contributed by atoms with Crippen LogP contribution in [0.3, 0.4) is 0 Å². The summed E-state index contributed by atoms with van der Waals surface area (Å²) in [5.41, 5.74) is 1.87. The zero-order valence-electron chi connectivity index (χ0n) is 28.1. The number of carbonyl (C=O) groups is 3. The molecule has 5 N–H and O–H groups in total. The van der Waals surface area contributed by atoms with Gasteiger partial charge in [0.25, 0.3) is 5.91 Å². The van der Waals surface area contributed by atoms with E-state index in [1.807, 2.05) is 55.5 Å². The molecule has 2 aliphatic heterocycles. The molecule has 260 valence electrons. The molecule has 3 aromatic rings. The van der Waals surface area contributed by atoms with Crippen LogP contribution in [0.15, 0.2) is 78.9 Å². The van der Waals surface area contributed by atoms with Gasteiger partial charge in [-0.25, -0.2) is 0 Å². The predicted octanol–water partition coefficient (Wildman–Crippen LogP) is 3.78. The van der Waals surface area contributed by atoms with Crippen LogP contribution < -0.4 is 20.3 Å². The number of hydrogen-bond acceptors (Lipinski definition) is 8. The highest BCUT2D eigenvalue weighted by molar-refractivity contribution is 6.09. The minimum atomic E-state index is -1.96. The molecule has 49 heavy (non-hydrogen) atoms. The lowest BCUT2D eigenvalue weighted by Crippen LogP contribution is -2.49. The van der Waals surface area contributed by atoms with E-state index in [9.17, 15) is 29.7 Å². The molecule has 0 aliphatic carbocycles. The fourth-order valence-corrected chi connectivity index (χ4v) is 6.47. The predicted molar refractivity (Wildman–Crippen MR) is 187 cm³/mol. The molecule has 0 fully saturated rings. The third-order valence-electron chi connectivity index (χ3n) is 9.10. The van der Waals surface area contributed by atoms with Gasteiger partial charge in [-0.05, 0) is 80.3 Å². The molecule has 0 radical (unpaired) electrons. The summed E-state index contributed by atoms with van der Waals surface area (Å²) in [6, 6.07) is 19.7. The highest BCUT2D eigenvalue weighted by atomic mass is 16.5. The van der Waals surface area contributed by atoms with E-state index in [4.69, 9.17) is 4.74 Å². The molecule has 0 aromatic heterocycles. The number of nitrogens with zero attached hydrogens (tertiary/aromatic N) is 2. The largest absolute Gasteiger partial charge is 0.494 e. The van der Waals surface area contributed by atoms with Gasteiger partial charge in [0.05, 0.1) is 24.9 Å². The van der Waals surface area contributed by atoms with Gasteiger partial charge in [0.1, 0.15) is 5.75 Å². The minimum absolute atomic E-state index is 0.0251. The van der Waals surface area contributed by atoms with Gasteiger partial charge in [0, 0.05) is 49.0 Å². The van der Waals surface area contributed by atoms with Crippen molar-refractivity contribution in [3.05, 3.63) is 95.6 Å². The summed E-state index contributed by atoms with van der Waals surface area (Å²) in [4.78, 5) is 43.6. The number of fused-ring (bicyclic) bond motifs is 2. The Morgan fingerprint density at radius 1 is 1.10 bits per heavy atom. The van der Waals surface area contributed by atoms with Crippen molar-refractivity contribution in [2.45, 2.75) is 57.7 Å². The fourth-order valence-electron chi connectivity index (χ4n) is 6.47. The number of rotatable bonds is 16. The zero-order chi connectivity index (χ0) is 35.0. The third kappa shape index (κ3) is 7.86. The van der Waals surface area contributed by atoms with Crippen LogP contribution in [-0.4, -0.2) is 76.9 Å². The molecule has 0 spiro atoms. The molecule has 11 heteroatoms. The minimum Gasteiger partial charge on any atom is -0.494 e. The second kappa shape index (κ2) is 16.2. The van der Waals surface area contributed by atoms with Crippen molar-refractivity contribution in [3.63, 3.8) is 0 Å². The Morgan fingerprint density at radius 3 is 2.63 bits per heavy atom. The monoisotopic (exact) mass is 670 g/mol. The van der Waals surface area contributed by atoms with Crippen molar-refractivity contribution in [1.29, 1.82) is 0 Å². The normalized spacial score (nSPS) is 19.0. The van der Waals surface area contributed by atoms with E-state index < -0.39 is 23.5 Å². The Bertz CT molecular complexity index is 1660. The lowest BCUT2D eigenvalue weighted by Gasteiger charge is -2.35. The standard InChI is InChI=1S/C38H46N4O7/c1-3-49-30-15-17-34-28(22-30)23-33(39-18-7-8-20-43)36(46)42(34)29-14-16-32-31(24-29)38(48,37(47)40-32)26(2)10-9-13-35(45)41(19-21-44)25-27-11-5-4-6-12-27/h4-6,9-12,14-17,22,24,26,33,39,43-44,48H,3,7-8,13,18-21,23,25H2,1-2H3,(H,40,47)/b10-9+/t26-,33?,38+/m1/s1. The van der Waals surface area contributed by atoms with Crippen molar-refractivity contribution in [2.75, 3.05) is 43.1 Å². The van der Waals surface area contributed by atoms with Crippen LogP contribution >= 0.6 is 0 Å². The summed E-state index contributed by atoms with van der Waals surface area (Å²) in [6.07, 6.45) is 5.13. The fraction of sp³-hybridized carbons (Fsp3) is 0.395. The molecule has 0 bridgehead atoms. The van der Waals surface area contributed by atoms with E-state index in [0.29, 0.717) is 60.9 Å². The summed E-state index contributed by atoms with van der Waals surface area (Å²) >= 11 is 0. The molecule has 2 heterocycles. The van der Waals surface area contributed by atoms with Crippen LogP contribution in [0, 0.1) is 5.92 Å². The van der Waals surface area contributed by atoms with E-state index in [0.717, 1.165) is 17.5 Å². The van der Waals surface area contributed by atoms with E-state index in [1.165, 1.54) is 0 Å². The van der Waals surface area contributed by atoms with Crippen LogP contribution in [0.2, 0.25) is 0 Å². The van der Waals surface area contributed by atoms with Gasteiger partial charge < -0.3 is 35.6 Å². The number of aliphatic hydroxyl groups excluding tert-OH is 2. The van der Waals surface area contributed by atoms with Crippen LogP contribution in [0.4, 0.5) is 17.1 Å². The topological polar surface area (TPSA) is 152 Å². The zero-order valence-corrected chi connectivity index (χ0v) is 28.1. The summed E-state index contributed by atoms with van der Waals surface area (Å²) in [5.74, 6) is -0.983. The SMILES string of the molecule is CCOc1ccc2c(c1)CC(NCCCCO)C(=O)N2c1ccc2c(c1)[C@@](O)([C@H](C)/C=C/CC(=O)N(CCO)Cc1ccccc1)C(=O)N2. The molecule has 11 nitrogen and oxygen atoms in total. The highest BCUT2D eigenvalue weighted by Gasteiger charge is 2.49. The maximum absolute atomic E-state index is 14.0. The number of nitrogens with one attached hydrogen (secondary N) is 2. The molecular weight excluding hydrogens is 624 g/mol. The smallest absolute Gasteiger partial charge is 0.261 e. The Balaban J connectivity index is 1.39. The Hall–Kier alpha value is -4.55. The number of benzene rings is 3. The van der Waals surface area contributed by atoms with Crippen molar-refractivity contribution in [2.24, 2.45) is 5.92 Å². The second-order valence-electron chi connectivity index (χ2n) is 12.4. The summed E-state index contributed by atoms with van der Waals surface area (Å²) in [6.45, 7) is 5.14. The van der Waals surface area contributed by atoms with Crippen LogP contribution in [0.25, 0.3) is 0 Å². The maximum Gasteiger partial charge on any atom is 0.261 e. The molecule has 0 saturated heterocycles. The van der Waals surface area contributed by atoms with Gasteiger partial charge in [0.15, 0.2) is 5.60 Å². The number of ether oxygens (including phenoxy) is 1. The van der Waals surface area contributed by atoms with Crippen molar-refractivity contribution in [1.82, 2.24) is 10.2 Å². The van der Waals surface area contributed by atoms with Crippen molar-refractivity contribution in [3.8, 4) is 5.75 Å². The molecule has 2 aliphatic rings. The van der Waals surface area contributed by atoms with Gasteiger partial charge in [-0.3, -0.25) is 19.3 Å². The molecule has 3 atom stereocenters. The van der Waals surface area contributed by atoms with E-state index in [-0.39, 0.29) is 38.0 Å². The lowest BCUT2D eigenvalue weighted by molar-refractivity contribution is -0.137. The third-order valence-corrected chi connectivity index (χ3v) is 9.10. The first-order valence-electron chi connectivity index (χ1n) is 16.9.